The molecular weight excluding hydrogens is 290 g/mol. The van der Waals surface area contributed by atoms with E-state index in [4.69, 9.17) is 4.74 Å². The average Bonchev–Trinajstić information content (AvgIpc) is 2.56. The highest BCUT2D eigenvalue weighted by atomic mass is 16.5. The van der Waals surface area contributed by atoms with Gasteiger partial charge in [-0.1, -0.05) is 30.3 Å². The number of para-hydroxylation sites is 1. The Balaban J connectivity index is 1.79. The normalized spacial score (nSPS) is 11.9. The molecule has 0 spiro atoms. The molecule has 0 radical (unpaired) electrons. The first-order chi connectivity index (χ1) is 11.1. The molecule has 0 aromatic heterocycles. The van der Waals surface area contributed by atoms with Crippen LogP contribution >= 0.6 is 0 Å². The van der Waals surface area contributed by atoms with Crippen LogP contribution in [-0.4, -0.2) is 30.8 Å². The number of aromatic hydroxyl groups is 1. The van der Waals surface area contributed by atoms with Crippen LogP contribution < -0.4 is 5.32 Å². The minimum absolute atomic E-state index is 0.310. The van der Waals surface area contributed by atoms with Gasteiger partial charge in [-0.25, -0.2) is 4.79 Å². The molecule has 0 heterocycles. The molecule has 0 amide bonds. The van der Waals surface area contributed by atoms with Gasteiger partial charge < -0.3 is 15.2 Å². The maximum Gasteiger partial charge on any atom is 0.337 e. The minimum Gasteiger partial charge on any atom is -0.508 e. The lowest BCUT2D eigenvalue weighted by atomic mass is 10.0. The van der Waals surface area contributed by atoms with Crippen molar-refractivity contribution in [2.45, 2.75) is 25.8 Å². The predicted octanol–water partition coefficient (Wildman–Crippen LogP) is 2.94. The average molecular weight is 313 g/mol. The van der Waals surface area contributed by atoms with Gasteiger partial charge in [-0.2, -0.15) is 0 Å². The quantitative estimate of drug-likeness (QED) is 0.772. The second kappa shape index (κ2) is 8.34. The van der Waals surface area contributed by atoms with Crippen molar-refractivity contribution < 1.29 is 14.6 Å². The molecule has 0 aliphatic heterocycles. The first kappa shape index (κ1) is 17.0. The van der Waals surface area contributed by atoms with E-state index in [1.54, 1.807) is 18.2 Å². The molecule has 2 aromatic carbocycles. The molecular formula is C19H23NO3. The Morgan fingerprint density at radius 3 is 2.52 bits per heavy atom. The van der Waals surface area contributed by atoms with E-state index in [0.717, 1.165) is 24.9 Å². The van der Waals surface area contributed by atoms with Crippen LogP contribution in [0.3, 0.4) is 0 Å². The first-order valence-corrected chi connectivity index (χ1v) is 7.77. The van der Waals surface area contributed by atoms with Crippen LogP contribution in [0.5, 0.6) is 5.75 Å². The molecule has 1 atom stereocenters. The summed E-state index contributed by atoms with van der Waals surface area (Å²) < 4.78 is 4.69. The molecule has 1 unspecified atom stereocenters. The number of nitrogens with one attached hydrogen (secondary N) is 1. The van der Waals surface area contributed by atoms with E-state index in [2.05, 4.69) is 12.2 Å². The van der Waals surface area contributed by atoms with Gasteiger partial charge >= 0.3 is 5.97 Å². The van der Waals surface area contributed by atoms with Gasteiger partial charge in [0.1, 0.15) is 5.75 Å². The van der Waals surface area contributed by atoms with Crippen molar-refractivity contribution in [3.05, 3.63) is 65.2 Å². The summed E-state index contributed by atoms with van der Waals surface area (Å²) in [7, 11) is 1.38. The van der Waals surface area contributed by atoms with E-state index in [1.807, 2.05) is 30.3 Å². The minimum atomic E-state index is -0.314. The third-order valence-corrected chi connectivity index (χ3v) is 3.80. The van der Waals surface area contributed by atoms with Crippen molar-refractivity contribution >= 4 is 5.97 Å². The van der Waals surface area contributed by atoms with Crippen molar-refractivity contribution in [2.24, 2.45) is 0 Å². The summed E-state index contributed by atoms with van der Waals surface area (Å²) in [6, 6.07) is 15.2. The SMILES string of the molecule is COC(=O)c1ccc(CC(C)NCCc2ccccc2O)cc1. The Hall–Kier alpha value is -2.33. The van der Waals surface area contributed by atoms with Crippen molar-refractivity contribution in [3.63, 3.8) is 0 Å². The molecule has 2 N–H and O–H groups in total. The molecule has 122 valence electrons. The molecule has 2 aromatic rings. The number of rotatable bonds is 7. The zero-order chi connectivity index (χ0) is 16.7. The summed E-state index contributed by atoms with van der Waals surface area (Å²) in [5.74, 6) is 0.0331. The second-order valence-corrected chi connectivity index (χ2v) is 5.63. The lowest BCUT2D eigenvalue weighted by Gasteiger charge is -2.14. The molecule has 0 fully saturated rings. The number of ether oxygens (including phenoxy) is 1. The topological polar surface area (TPSA) is 58.6 Å². The number of methoxy groups -OCH3 is 1. The fourth-order valence-corrected chi connectivity index (χ4v) is 2.50. The monoisotopic (exact) mass is 313 g/mol. The van der Waals surface area contributed by atoms with Gasteiger partial charge in [0, 0.05) is 6.04 Å². The number of esters is 1. The Kier molecular flexibility index (Phi) is 6.18. The second-order valence-electron chi connectivity index (χ2n) is 5.63. The highest BCUT2D eigenvalue weighted by Crippen LogP contribution is 2.15. The van der Waals surface area contributed by atoms with E-state index in [-0.39, 0.29) is 5.97 Å². The van der Waals surface area contributed by atoms with Crippen LogP contribution in [0.25, 0.3) is 0 Å². The Morgan fingerprint density at radius 2 is 1.87 bits per heavy atom. The summed E-state index contributed by atoms with van der Waals surface area (Å²) in [4.78, 5) is 11.4. The standard InChI is InChI=1S/C19H23NO3/c1-14(20-12-11-16-5-3-4-6-18(16)21)13-15-7-9-17(10-8-15)19(22)23-2/h3-10,14,20-21H,11-13H2,1-2H3. The van der Waals surface area contributed by atoms with Crippen LogP contribution in [0.1, 0.15) is 28.4 Å². The largest absolute Gasteiger partial charge is 0.508 e. The molecule has 0 aliphatic carbocycles. The lowest BCUT2D eigenvalue weighted by Crippen LogP contribution is -2.30. The molecule has 0 bridgehead atoms. The number of carbonyl (C=O) groups excluding carboxylic acids is 1. The Morgan fingerprint density at radius 1 is 1.17 bits per heavy atom. The van der Waals surface area contributed by atoms with Crippen molar-refractivity contribution in [1.29, 1.82) is 0 Å². The summed E-state index contributed by atoms with van der Waals surface area (Å²) >= 11 is 0. The molecule has 0 saturated carbocycles. The van der Waals surface area contributed by atoms with Gasteiger partial charge in [0.05, 0.1) is 12.7 Å². The zero-order valence-electron chi connectivity index (χ0n) is 13.6. The number of phenols is 1. The summed E-state index contributed by atoms with van der Waals surface area (Å²) in [5.41, 5.74) is 2.69. The smallest absolute Gasteiger partial charge is 0.337 e. The number of carbonyl (C=O) groups is 1. The molecule has 0 aliphatic rings. The highest BCUT2D eigenvalue weighted by molar-refractivity contribution is 5.89. The van der Waals surface area contributed by atoms with E-state index >= 15 is 0 Å². The predicted molar refractivity (Wildman–Crippen MR) is 90.8 cm³/mol. The molecule has 4 heteroatoms. The number of hydrogen-bond donors (Lipinski definition) is 2. The van der Waals surface area contributed by atoms with Crippen LogP contribution in [0.15, 0.2) is 48.5 Å². The van der Waals surface area contributed by atoms with Gasteiger partial charge in [0.15, 0.2) is 0 Å². The number of benzene rings is 2. The van der Waals surface area contributed by atoms with Gasteiger partial charge in [-0.3, -0.25) is 0 Å². The molecule has 4 nitrogen and oxygen atoms in total. The summed E-state index contributed by atoms with van der Waals surface area (Å²) in [6.07, 6.45) is 1.67. The maximum atomic E-state index is 11.4. The molecule has 23 heavy (non-hydrogen) atoms. The van der Waals surface area contributed by atoms with Crippen molar-refractivity contribution in [2.75, 3.05) is 13.7 Å². The fraction of sp³-hybridized carbons (Fsp3) is 0.316. The molecule has 2 rings (SSSR count). The van der Waals surface area contributed by atoms with E-state index < -0.39 is 0 Å². The summed E-state index contributed by atoms with van der Waals surface area (Å²) in [6.45, 7) is 2.93. The van der Waals surface area contributed by atoms with Gasteiger partial charge in [-0.15, -0.1) is 0 Å². The van der Waals surface area contributed by atoms with Crippen LogP contribution in [0, 0.1) is 0 Å². The third kappa shape index (κ3) is 5.11. The Bertz CT molecular complexity index is 637. The van der Waals surface area contributed by atoms with Gasteiger partial charge in [-0.05, 0) is 55.6 Å². The van der Waals surface area contributed by atoms with E-state index in [9.17, 15) is 9.90 Å². The van der Waals surface area contributed by atoms with Crippen LogP contribution in [0.4, 0.5) is 0 Å². The first-order valence-electron chi connectivity index (χ1n) is 7.77. The van der Waals surface area contributed by atoms with Crippen molar-refractivity contribution in [1.82, 2.24) is 5.32 Å². The van der Waals surface area contributed by atoms with Crippen LogP contribution in [-0.2, 0) is 17.6 Å². The van der Waals surface area contributed by atoms with Gasteiger partial charge in [0.2, 0.25) is 0 Å². The zero-order valence-corrected chi connectivity index (χ0v) is 13.6. The maximum absolute atomic E-state index is 11.4. The van der Waals surface area contributed by atoms with Crippen molar-refractivity contribution in [3.8, 4) is 5.75 Å². The summed E-state index contributed by atoms with van der Waals surface area (Å²) in [5, 5.41) is 13.2. The fourth-order valence-electron chi connectivity index (χ4n) is 2.50. The lowest BCUT2D eigenvalue weighted by molar-refractivity contribution is 0.0600. The molecule has 0 saturated heterocycles. The number of phenolic OH excluding ortho intramolecular Hbond substituents is 1. The van der Waals surface area contributed by atoms with E-state index in [0.29, 0.717) is 17.4 Å². The Labute approximate surface area is 137 Å². The van der Waals surface area contributed by atoms with E-state index in [1.165, 1.54) is 12.7 Å². The van der Waals surface area contributed by atoms with Crippen LogP contribution in [0.2, 0.25) is 0 Å². The highest BCUT2D eigenvalue weighted by Gasteiger charge is 2.07. The third-order valence-electron chi connectivity index (χ3n) is 3.80. The van der Waals surface area contributed by atoms with Gasteiger partial charge in [0.25, 0.3) is 0 Å². The number of hydrogen-bond acceptors (Lipinski definition) is 4.